The second kappa shape index (κ2) is 5.12. The van der Waals surface area contributed by atoms with Crippen LogP contribution in [0.3, 0.4) is 0 Å². The fourth-order valence-corrected chi connectivity index (χ4v) is 2.93. The highest BCUT2D eigenvalue weighted by molar-refractivity contribution is 14.1. The molecule has 76 valence electrons. The minimum atomic E-state index is -0.491. The van der Waals surface area contributed by atoms with Gasteiger partial charge < -0.3 is 5.11 Å². The number of hydrazine groups is 1. The monoisotopic (exact) mass is 530 g/mol. The van der Waals surface area contributed by atoms with Gasteiger partial charge in [-0.25, -0.2) is 5.84 Å². The van der Waals surface area contributed by atoms with Crippen molar-refractivity contribution >= 4 is 73.7 Å². The first-order valence-corrected chi connectivity index (χ1v) is 6.60. The van der Waals surface area contributed by atoms with Crippen molar-refractivity contribution in [2.75, 3.05) is 0 Å². The lowest BCUT2D eigenvalue weighted by Gasteiger charge is -2.08. The molecule has 0 bridgehead atoms. The number of nitrogens with one attached hydrogen (secondary N) is 1. The van der Waals surface area contributed by atoms with Gasteiger partial charge in [0.15, 0.2) is 0 Å². The maximum absolute atomic E-state index is 11.2. The second-order valence-corrected chi connectivity index (χ2v) is 5.68. The van der Waals surface area contributed by atoms with E-state index in [1.807, 2.05) is 28.0 Å². The third kappa shape index (κ3) is 2.41. The van der Waals surface area contributed by atoms with Crippen LogP contribution in [0.4, 0.5) is 0 Å². The standard InChI is InChI=1S/C7H5I3N2O2/c8-3-1-2(7(14)12-11)6(13)5(10)4(3)9/h1,13H,11H2,(H,12,14). The van der Waals surface area contributed by atoms with E-state index >= 15 is 0 Å². The van der Waals surface area contributed by atoms with Gasteiger partial charge in [0, 0.05) is 7.14 Å². The van der Waals surface area contributed by atoms with Crippen LogP contribution in [-0.4, -0.2) is 11.0 Å². The minimum Gasteiger partial charge on any atom is -0.506 e. The molecule has 0 radical (unpaired) electrons. The van der Waals surface area contributed by atoms with Crippen LogP contribution in [0.2, 0.25) is 0 Å². The number of phenols is 1. The van der Waals surface area contributed by atoms with Gasteiger partial charge in [-0.1, -0.05) is 0 Å². The Labute approximate surface area is 121 Å². The number of carbonyl (C=O) groups excluding carboxylic acids is 1. The summed E-state index contributed by atoms with van der Waals surface area (Å²) >= 11 is 6.19. The quantitative estimate of drug-likeness (QED) is 0.171. The van der Waals surface area contributed by atoms with Gasteiger partial charge in [0.2, 0.25) is 0 Å². The first-order chi connectivity index (χ1) is 6.49. The van der Waals surface area contributed by atoms with Gasteiger partial charge in [0.25, 0.3) is 5.91 Å². The molecule has 4 N–H and O–H groups in total. The predicted molar refractivity (Wildman–Crippen MR) is 77.9 cm³/mol. The van der Waals surface area contributed by atoms with Gasteiger partial charge in [-0.15, -0.1) is 0 Å². The summed E-state index contributed by atoms with van der Waals surface area (Å²) in [6.45, 7) is 0. The van der Waals surface area contributed by atoms with E-state index in [9.17, 15) is 9.90 Å². The molecule has 1 amide bonds. The number of aromatic hydroxyl groups is 1. The van der Waals surface area contributed by atoms with Crippen molar-refractivity contribution in [1.29, 1.82) is 0 Å². The summed E-state index contributed by atoms with van der Waals surface area (Å²) in [6, 6.07) is 1.60. The number of benzene rings is 1. The number of phenolic OH excluding ortho intramolecular Hbond substituents is 1. The van der Waals surface area contributed by atoms with Gasteiger partial charge >= 0.3 is 0 Å². The van der Waals surface area contributed by atoms with Gasteiger partial charge in [0.1, 0.15) is 5.75 Å². The molecule has 14 heavy (non-hydrogen) atoms. The van der Waals surface area contributed by atoms with Gasteiger partial charge in [-0.3, -0.25) is 10.2 Å². The summed E-state index contributed by atoms with van der Waals surface area (Å²) in [5.74, 6) is 4.47. The highest BCUT2D eigenvalue weighted by Crippen LogP contribution is 2.32. The maximum atomic E-state index is 11.2. The molecule has 0 saturated carbocycles. The molecule has 1 rings (SSSR count). The van der Waals surface area contributed by atoms with Crippen molar-refractivity contribution < 1.29 is 9.90 Å². The van der Waals surface area contributed by atoms with E-state index in [2.05, 4.69) is 45.2 Å². The topological polar surface area (TPSA) is 75.3 Å². The summed E-state index contributed by atoms with van der Waals surface area (Å²) < 4.78 is 2.49. The lowest BCUT2D eigenvalue weighted by Crippen LogP contribution is -2.30. The van der Waals surface area contributed by atoms with Crippen molar-refractivity contribution in [3.63, 3.8) is 0 Å². The lowest BCUT2D eigenvalue weighted by atomic mass is 10.2. The Balaban J connectivity index is 3.40. The van der Waals surface area contributed by atoms with Gasteiger partial charge in [-0.2, -0.15) is 0 Å². The van der Waals surface area contributed by atoms with E-state index in [0.717, 1.165) is 7.14 Å². The molecule has 1 aromatic rings. The number of nitrogens with two attached hydrogens (primary N) is 1. The molecule has 4 nitrogen and oxygen atoms in total. The number of hydrogen-bond acceptors (Lipinski definition) is 3. The first kappa shape index (κ1) is 12.7. The summed E-state index contributed by atoms with van der Waals surface area (Å²) in [6.07, 6.45) is 0. The number of carbonyl (C=O) groups is 1. The van der Waals surface area contributed by atoms with Crippen molar-refractivity contribution in [2.45, 2.75) is 0 Å². The zero-order chi connectivity index (χ0) is 10.9. The van der Waals surface area contributed by atoms with Gasteiger partial charge in [-0.05, 0) is 73.8 Å². The second-order valence-electron chi connectivity index (χ2n) is 2.36. The van der Waals surface area contributed by atoms with Crippen molar-refractivity contribution in [3.05, 3.63) is 22.3 Å². The Bertz CT molecular complexity index is 395. The zero-order valence-electron chi connectivity index (χ0n) is 6.64. The Morgan fingerprint density at radius 2 is 1.93 bits per heavy atom. The molecule has 0 heterocycles. The summed E-state index contributed by atoms with van der Waals surface area (Å²) in [5.41, 5.74) is 2.18. The van der Waals surface area contributed by atoms with E-state index in [0.29, 0.717) is 3.57 Å². The average molecular weight is 530 g/mol. The predicted octanol–water partition coefficient (Wildman–Crippen LogP) is 1.81. The third-order valence-corrected chi connectivity index (χ3v) is 6.60. The van der Waals surface area contributed by atoms with Crippen LogP contribution in [0.5, 0.6) is 5.75 Å². The number of hydrogen-bond donors (Lipinski definition) is 3. The van der Waals surface area contributed by atoms with Crippen LogP contribution in [0.15, 0.2) is 6.07 Å². The molecule has 7 heteroatoms. The fourth-order valence-electron chi connectivity index (χ4n) is 0.836. The van der Waals surface area contributed by atoms with E-state index < -0.39 is 5.91 Å². The van der Waals surface area contributed by atoms with Crippen molar-refractivity contribution in [3.8, 4) is 5.75 Å². The van der Waals surface area contributed by atoms with E-state index in [1.54, 1.807) is 6.07 Å². The van der Waals surface area contributed by atoms with Crippen molar-refractivity contribution in [2.24, 2.45) is 5.84 Å². The van der Waals surface area contributed by atoms with E-state index in [-0.39, 0.29) is 11.3 Å². The molecule has 0 aromatic heterocycles. The molecule has 0 aliphatic heterocycles. The Morgan fingerprint density at radius 1 is 1.36 bits per heavy atom. The Hall–Kier alpha value is 0.640. The smallest absolute Gasteiger partial charge is 0.269 e. The number of amides is 1. The zero-order valence-corrected chi connectivity index (χ0v) is 13.1. The highest BCUT2D eigenvalue weighted by atomic mass is 127. The molecule has 0 fully saturated rings. The third-order valence-electron chi connectivity index (χ3n) is 1.51. The molecule has 0 unspecified atom stereocenters. The normalized spacial score (nSPS) is 10.0. The maximum Gasteiger partial charge on any atom is 0.269 e. The Kier molecular flexibility index (Phi) is 4.64. The molecular formula is C7H5I3N2O2. The number of rotatable bonds is 1. The number of nitrogen functional groups attached to an aromatic ring is 1. The van der Waals surface area contributed by atoms with Crippen LogP contribution in [0.25, 0.3) is 0 Å². The SMILES string of the molecule is NNC(=O)c1cc(I)c(I)c(I)c1O. The molecule has 0 saturated heterocycles. The molecule has 1 aromatic carbocycles. The first-order valence-electron chi connectivity index (χ1n) is 3.36. The van der Waals surface area contributed by atoms with Crippen LogP contribution in [-0.2, 0) is 0 Å². The highest BCUT2D eigenvalue weighted by Gasteiger charge is 2.17. The minimum absolute atomic E-state index is 0.0293. The van der Waals surface area contributed by atoms with E-state index in [1.165, 1.54) is 0 Å². The van der Waals surface area contributed by atoms with E-state index in [4.69, 9.17) is 5.84 Å². The summed E-state index contributed by atoms with van der Waals surface area (Å²) in [7, 11) is 0. The van der Waals surface area contributed by atoms with Crippen LogP contribution < -0.4 is 11.3 Å². The summed E-state index contributed by atoms with van der Waals surface area (Å²) in [5, 5.41) is 9.67. The molecule has 0 spiro atoms. The molecular weight excluding hydrogens is 525 g/mol. The largest absolute Gasteiger partial charge is 0.506 e. The van der Waals surface area contributed by atoms with Gasteiger partial charge in [0.05, 0.1) is 9.13 Å². The van der Waals surface area contributed by atoms with Crippen LogP contribution in [0, 0.1) is 10.7 Å². The molecule has 0 atom stereocenters. The van der Waals surface area contributed by atoms with Crippen molar-refractivity contribution in [1.82, 2.24) is 5.43 Å². The van der Waals surface area contributed by atoms with Crippen LogP contribution in [0.1, 0.15) is 10.4 Å². The summed E-state index contributed by atoms with van der Waals surface area (Å²) in [4.78, 5) is 11.2. The lowest BCUT2D eigenvalue weighted by molar-refractivity contribution is 0.0951. The Morgan fingerprint density at radius 3 is 2.43 bits per heavy atom. The molecule has 0 aliphatic rings. The fraction of sp³-hybridized carbons (Fsp3) is 0. The molecule has 0 aliphatic carbocycles. The van der Waals surface area contributed by atoms with Crippen LogP contribution >= 0.6 is 67.8 Å². The average Bonchev–Trinajstić information content (AvgIpc) is 2.19. The number of halogens is 3.